The molecule has 0 saturated carbocycles. The fraction of sp³-hybridized carbons (Fsp3) is 0.312. The number of aromatic nitrogens is 1. The first kappa shape index (κ1) is 15.0. The smallest absolute Gasteiger partial charge is 0.212 e. The summed E-state index contributed by atoms with van der Waals surface area (Å²) >= 11 is 3.60. The fourth-order valence-corrected chi connectivity index (χ4v) is 2.59. The highest BCUT2D eigenvalue weighted by Gasteiger charge is 2.10. The number of methoxy groups -OCH3 is 1. The van der Waals surface area contributed by atoms with Gasteiger partial charge in [0, 0.05) is 22.8 Å². The molecule has 1 N–H and O–H groups in total. The molecule has 0 spiro atoms. The second-order valence-electron chi connectivity index (χ2n) is 4.69. The lowest BCUT2D eigenvalue weighted by Crippen LogP contribution is -2.30. The molecule has 1 unspecified atom stereocenters. The van der Waals surface area contributed by atoms with Crippen molar-refractivity contribution in [1.29, 1.82) is 0 Å². The topological polar surface area (TPSA) is 34.1 Å². The molecule has 0 fully saturated rings. The summed E-state index contributed by atoms with van der Waals surface area (Å²) in [5, 5.41) is 3.37. The van der Waals surface area contributed by atoms with Gasteiger partial charge in [-0.1, -0.05) is 40.2 Å². The summed E-state index contributed by atoms with van der Waals surface area (Å²) in [6.07, 6.45) is 3.79. The van der Waals surface area contributed by atoms with Gasteiger partial charge in [-0.3, -0.25) is 0 Å². The molecular weight excluding hydrogens is 316 g/mol. The van der Waals surface area contributed by atoms with Gasteiger partial charge < -0.3 is 10.1 Å². The third kappa shape index (κ3) is 4.05. The number of hydrogen-bond acceptors (Lipinski definition) is 3. The van der Waals surface area contributed by atoms with Crippen LogP contribution in [0.3, 0.4) is 0 Å². The molecular formula is C16H19BrN2O. The van der Waals surface area contributed by atoms with Crippen LogP contribution in [0.15, 0.2) is 47.1 Å². The number of hydrogen-bond donors (Lipinski definition) is 1. The van der Waals surface area contributed by atoms with E-state index in [0.717, 1.165) is 17.3 Å². The molecule has 20 heavy (non-hydrogen) atoms. The molecule has 0 bridgehead atoms. The zero-order valence-corrected chi connectivity index (χ0v) is 13.4. The second-order valence-corrected chi connectivity index (χ2v) is 5.55. The number of rotatable bonds is 6. The van der Waals surface area contributed by atoms with E-state index in [0.29, 0.717) is 11.9 Å². The summed E-state index contributed by atoms with van der Waals surface area (Å²) in [4.78, 5) is 4.25. The van der Waals surface area contributed by atoms with E-state index in [1.165, 1.54) is 11.1 Å². The average molecular weight is 335 g/mol. The highest BCUT2D eigenvalue weighted by atomic mass is 79.9. The maximum absolute atomic E-state index is 5.08. The molecule has 0 radical (unpaired) electrons. The lowest BCUT2D eigenvalue weighted by Gasteiger charge is -2.17. The Kier molecular flexibility index (Phi) is 5.56. The summed E-state index contributed by atoms with van der Waals surface area (Å²) in [6.45, 7) is 0. The van der Waals surface area contributed by atoms with Gasteiger partial charge in [0.2, 0.25) is 5.88 Å². The molecule has 0 aliphatic heterocycles. The maximum Gasteiger partial charge on any atom is 0.212 e. The minimum atomic E-state index is 0.379. The lowest BCUT2D eigenvalue weighted by molar-refractivity contribution is 0.397. The van der Waals surface area contributed by atoms with Crippen LogP contribution in [0.1, 0.15) is 11.1 Å². The van der Waals surface area contributed by atoms with Crippen LogP contribution in [0, 0.1) is 0 Å². The maximum atomic E-state index is 5.08. The SMILES string of the molecule is CNC(Cc1ccc(OC)nc1)Cc1ccccc1Br. The minimum absolute atomic E-state index is 0.379. The molecule has 3 nitrogen and oxygen atoms in total. The number of benzene rings is 1. The van der Waals surface area contributed by atoms with Crippen LogP contribution in [0.2, 0.25) is 0 Å². The van der Waals surface area contributed by atoms with E-state index in [-0.39, 0.29) is 0 Å². The molecule has 1 atom stereocenters. The monoisotopic (exact) mass is 334 g/mol. The first-order valence-electron chi connectivity index (χ1n) is 6.62. The van der Waals surface area contributed by atoms with Crippen LogP contribution in [-0.2, 0) is 12.8 Å². The van der Waals surface area contributed by atoms with E-state index in [4.69, 9.17) is 4.74 Å². The molecule has 0 saturated heterocycles. The standard InChI is InChI=1S/C16H19BrN2O/c1-18-14(10-13-5-3-4-6-15(13)17)9-12-7-8-16(20-2)19-11-12/h3-8,11,14,18H,9-10H2,1-2H3. The fourth-order valence-electron chi connectivity index (χ4n) is 2.14. The van der Waals surface area contributed by atoms with Gasteiger partial charge in [-0.2, -0.15) is 0 Å². The van der Waals surface area contributed by atoms with Gasteiger partial charge in [0.1, 0.15) is 0 Å². The van der Waals surface area contributed by atoms with Gasteiger partial charge in [0.05, 0.1) is 7.11 Å². The summed E-state index contributed by atoms with van der Waals surface area (Å²) < 4.78 is 6.24. The molecule has 4 heteroatoms. The highest BCUT2D eigenvalue weighted by Crippen LogP contribution is 2.19. The average Bonchev–Trinajstić information content (AvgIpc) is 2.49. The van der Waals surface area contributed by atoms with E-state index in [2.05, 4.69) is 50.5 Å². The van der Waals surface area contributed by atoms with Crippen LogP contribution in [0.25, 0.3) is 0 Å². The molecule has 0 amide bonds. The summed E-state index contributed by atoms with van der Waals surface area (Å²) in [6, 6.07) is 12.7. The number of nitrogens with zero attached hydrogens (tertiary/aromatic N) is 1. The van der Waals surface area contributed by atoms with Crippen LogP contribution in [0.5, 0.6) is 5.88 Å². The predicted molar refractivity (Wildman–Crippen MR) is 85.2 cm³/mol. The van der Waals surface area contributed by atoms with E-state index in [9.17, 15) is 0 Å². The zero-order valence-electron chi connectivity index (χ0n) is 11.8. The molecule has 106 valence electrons. The van der Waals surface area contributed by atoms with Crippen molar-refractivity contribution in [2.24, 2.45) is 0 Å². The van der Waals surface area contributed by atoms with Crippen molar-refractivity contribution in [3.8, 4) is 5.88 Å². The predicted octanol–water partition coefficient (Wildman–Crippen LogP) is 3.23. The van der Waals surface area contributed by atoms with Gasteiger partial charge >= 0.3 is 0 Å². The van der Waals surface area contributed by atoms with E-state index >= 15 is 0 Å². The van der Waals surface area contributed by atoms with Crippen LogP contribution in [0.4, 0.5) is 0 Å². The summed E-state index contributed by atoms with van der Waals surface area (Å²) in [5.74, 6) is 0.653. The van der Waals surface area contributed by atoms with Crippen molar-refractivity contribution >= 4 is 15.9 Å². The Morgan fingerprint density at radius 3 is 2.60 bits per heavy atom. The van der Waals surface area contributed by atoms with E-state index in [1.807, 2.05) is 25.4 Å². The van der Waals surface area contributed by atoms with Gasteiger partial charge in [-0.15, -0.1) is 0 Å². The first-order chi connectivity index (χ1) is 9.72. The van der Waals surface area contributed by atoms with Crippen LogP contribution < -0.4 is 10.1 Å². The third-order valence-corrected chi connectivity index (χ3v) is 4.09. The number of nitrogens with one attached hydrogen (secondary N) is 1. The Morgan fingerprint density at radius 2 is 2.00 bits per heavy atom. The molecule has 2 rings (SSSR count). The number of pyridine rings is 1. The van der Waals surface area contributed by atoms with Crippen LogP contribution >= 0.6 is 15.9 Å². The van der Waals surface area contributed by atoms with Crippen molar-refractivity contribution in [1.82, 2.24) is 10.3 Å². The molecule has 1 aromatic carbocycles. The first-order valence-corrected chi connectivity index (χ1v) is 7.42. The Morgan fingerprint density at radius 1 is 1.20 bits per heavy atom. The molecule has 1 heterocycles. The normalized spacial score (nSPS) is 12.2. The molecule has 0 aliphatic rings. The van der Waals surface area contributed by atoms with Crippen molar-refractivity contribution in [2.75, 3.05) is 14.2 Å². The third-order valence-electron chi connectivity index (χ3n) is 3.32. The summed E-state index contributed by atoms with van der Waals surface area (Å²) in [7, 11) is 3.63. The van der Waals surface area contributed by atoms with E-state index < -0.39 is 0 Å². The second kappa shape index (κ2) is 7.41. The Hall–Kier alpha value is -1.39. The minimum Gasteiger partial charge on any atom is -0.481 e. The van der Waals surface area contributed by atoms with Crippen LogP contribution in [-0.4, -0.2) is 25.2 Å². The quantitative estimate of drug-likeness (QED) is 0.880. The van der Waals surface area contributed by atoms with Gasteiger partial charge in [0.15, 0.2) is 0 Å². The van der Waals surface area contributed by atoms with Crippen molar-refractivity contribution in [2.45, 2.75) is 18.9 Å². The number of ether oxygens (including phenoxy) is 1. The number of halogens is 1. The van der Waals surface area contributed by atoms with Gasteiger partial charge in [0.25, 0.3) is 0 Å². The lowest BCUT2D eigenvalue weighted by atomic mass is 10.00. The molecule has 1 aromatic heterocycles. The Bertz CT molecular complexity index is 542. The molecule has 2 aromatic rings. The Balaban J connectivity index is 2.03. The highest BCUT2D eigenvalue weighted by molar-refractivity contribution is 9.10. The van der Waals surface area contributed by atoms with Crippen molar-refractivity contribution < 1.29 is 4.74 Å². The van der Waals surface area contributed by atoms with Gasteiger partial charge in [-0.25, -0.2) is 4.98 Å². The van der Waals surface area contributed by atoms with E-state index in [1.54, 1.807) is 7.11 Å². The zero-order chi connectivity index (χ0) is 14.4. The largest absolute Gasteiger partial charge is 0.481 e. The van der Waals surface area contributed by atoms with Crippen molar-refractivity contribution in [3.05, 3.63) is 58.2 Å². The Labute approximate surface area is 128 Å². The number of likely N-dealkylation sites (N-methyl/N-ethyl adjacent to an activating group) is 1. The van der Waals surface area contributed by atoms with Crippen molar-refractivity contribution in [3.63, 3.8) is 0 Å². The molecule has 0 aliphatic carbocycles. The summed E-state index contributed by atoms with van der Waals surface area (Å²) in [5.41, 5.74) is 2.52. The van der Waals surface area contributed by atoms with Gasteiger partial charge in [-0.05, 0) is 37.1 Å².